The van der Waals surface area contributed by atoms with Crippen molar-refractivity contribution in [2.24, 2.45) is 0 Å². The van der Waals surface area contributed by atoms with E-state index in [1.165, 1.54) is 5.56 Å². The molecule has 1 N–H and O–H groups in total. The van der Waals surface area contributed by atoms with Gasteiger partial charge in [-0.15, -0.1) is 0 Å². The predicted octanol–water partition coefficient (Wildman–Crippen LogP) is 6.38. The second-order valence-electron chi connectivity index (χ2n) is 8.23. The SMILES string of the molecule is CC(C)(C)c1ccc(OCCNC(=O)N2c3ccccc3Sc3ccccc32)cc1. The highest BCUT2D eigenvalue weighted by Gasteiger charge is 2.27. The molecule has 1 heterocycles. The van der Waals surface area contributed by atoms with Gasteiger partial charge in [0.15, 0.2) is 0 Å². The van der Waals surface area contributed by atoms with Crippen LogP contribution in [0, 0.1) is 0 Å². The van der Waals surface area contributed by atoms with Gasteiger partial charge in [-0.1, -0.05) is 68.9 Å². The van der Waals surface area contributed by atoms with Crippen LogP contribution in [-0.2, 0) is 5.41 Å². The molecule has 0 aromatic heterocycles. The average Bonchev–Trinajstić information content (AvgIpc) is 2.74. The summed E-state index contributed by atoms with van der Waals surface area (Å²) in [6.45, 7) is 7.40. The lowest BCUT2D eigenvalue weighted by Gasteiger charge is -2.31. The van der Waals surface area contributed by atoms with Crippen molar-refractivity contribution in [3.8, 4) is 5.75 Å². The number of benzene rings is 3. The zero-order chi connectivity index (χ0) is 21.1. The van der Waals surface area contributed by atoms with Crippen LogP contribution in [0.3, 0.4) is 0 Å². The molecule has 154 valence electrons. The van der Waals surface area contributed by atoms with Gasteiger partial charge in [0.2, 0.25) is 0 Å². The second-order valence-corrected chi connectivity index (χ2v) is 9.31. The first-order chi connectivity index (χ1) is 14.4. The maximum absolute atomic E-state index is 13.0. The molecule has 3 aromatic rings. The molecule has 4 nitrogen and oxygen atoms in total. The van der Waals surface area contributed by atoms with Gasteiger partial charge in [0.05, 0.1) is 17.9 Å². The van der Waals surface area contributed by atoms with E-state index in [-0.39, 0.29) is 11.4 Å². The number of amides is 2. The number of hydrogen-bond acceptors (Lipinski definition) is 3. The molecule has 4 rings (SSSR count). The first-order valence-corrected chi connectivity index (χ1v) is 10.9. The number of nitrogens with zero attached hydrogens (tertiary/aromatic N) is 1. The van der Waals surface area contributed by atoms with Crippen molar-refractivity contribution in [2.75, 3.05) is 18.1 Å². The quantitative estimate of drug-likeness (QED) is 0.500. The number of para-hydroxylation sites is 2. The standard InChI is InChI=1S/C25H26N2O2S/c1-25(2,3)18-12-14-19(15-13-18)29-17-16-26-24(28)27-20-8-4-6-10-22(20)30-23-11-7-5-9-21(23)27/h4-15H,16-17H2,1-3H3,(H,26,28). The molecule has 0 bridgehead atoms. The van der Waals surface area contributed by atoms with Crippen LogP contribution in [-0.4, -0.2) is 19.2 Å². The molecule has 5 heteroatoms. The van der Waals surface area contributed by atoms with E-state index < -0.39 is 0 Å². The van der Waals surface area contributed by atoms with Gasteiger partial charge in [-0.3, -0.25) is 4.90 Å². The molecule has 0 unspecified atom stereocenters. The van der Waals surface area contributed by atoms with Gasteiger partial charge in [0, 0.05) is 9.79 Å². The molecule has 0 atom stereocenters. The fraction of sp³-hybridized carbons (Fsp3) is 0.240. The summed E-state index contributed by atoms with van der Waals surface area (Å²) < 4.78 is 5.81. The maximum Gasteiger partial charge on any atom is 0.326 e. The smallest absolute Gasteiger partial charge is 0.326 e. The third-order valence-electron chi connectivity index (χ3n) is 5.00. The summed E-state index contributed by atoms with van der Waals surface area (Å²) in [6.07, 6.45) is 0. The van der Waals surface area contributed by atoms with Crippen LogP contribution in [0.5, 0.6) is 5.75 Å². The lowest BCUT2D eigenvalue weighted by atomic mass is 9.87. The van der Waals surface area contributed by atoms with Crippen LogP contribution in [0.4, 0.5) is 16.2 Å². The monoisotopic (exact) mass is 418 g/mol. The summed E-state index contributed by atoms with van der Waals surface area (Å²) in [5.74, 6) is 0.808. The number of anilines is 2. The van der Waals surface area contributed by atoms with Crippen molar-refractivity contribution >= 4 is 29.2 Å². The van der Waals surface area contributed by atoms with Gasteiger partial charge < -0.3 is 10.1 Å². The fourth-order valence-corrected chi connectivity index (χ4v) is 4.44. The lowest BCUT2D eigenvalue weighted by molar-refractivity contribution is 0.243. The summed E-state index contributed by atoms with van der Waals surface area (Å²) in [7, 11) is 0. The Labute approximate surface area is 182 Å². The summed E-state index contributed by atoms with van der Waals surface area (Å²) in [6, 6.07) is 23.9. The van der Waals surface area contributed by atoms with Gasteiger partial charge in [0.1, 0.15) is 12.4 Å². The molecule has 0 radical (unpaired) electrons. The molecule has 2 amide bonds. The molecule has 0 saturated carbocycles. The van der Waals surface area contributed by atoms with E-state index in [1.807, 2.05) is 60.7 Å². The highest BCUT2D eigenvalue weighted by atomic mass is 32.2. The van der Waals surface area contributed by atoms with E-state index >= 15 is 0 Å². The van der Waals surface area contributed by atoms with Crippen molar-refractivity contribution in [3.05, 3.63) is 78.4 Å². The van der Waals surface area contributed by atoms with E-state index in [2.05, 4.69) is 38.2 Å². The van der Waals surface area contributed by atoms with Crippen LogP contribution < -0.4 is 15.0 Å². The molecule has 1 aliphatic heterocycles. The van der Waals surface area contributed by atoms with Crippen LogP contribution >= 0.6 is 11.8 Å². The first-order valence-electron chi connectivity index (χ1n) is 10.1. The second kappa shape index (κ2) is 8.44. The zero-order valence-corrected chi connectivity index (χ0v) is 18.3. The summed E-state index contributed by atoms with van der Waals surface area (Å²) in [5.41, 5.74) is 3.18. The normalized spacial score (nSPS) is 12.7. The molecule has 3 aromatic carbocycles. The first kappa shape index (κ1) is 20.4. The molecular formula is C25H26N2O2S. The van der Waals surface area contributed by atoms with Gasteiger partial charge >= 0.3 is 6.03 Å². The minimum atomic E-state index is -0.151. The number of fused-ring (bicyclic) bond motifs is 2. The maximum atomic E-state index is 13.0. The number of nitrogens with one attached hydrogen (secondary N) is 1. The van der Waals surface area contributed by atoms with Gasteiger partial charge in [-0.25, -0.2) is 4.79 Å². The Morgan fingerprint density at radius 2 is 1.47 bits per heavy atom. The van der Waals surface area contributed by atoms with Crippen LogP contribution in [0.2, 0.25) is 0 Å². The number of carbonyl (C=O) groups excluding carboxylic acids is 1. The molecule has 30 heavy (non-hydrogen) atoms. The highest BCUT2D eigenvalue weighted by molar-refractivity contribution is 7.99. The van der Waals surface area contributed by atoms with E-state index in [1.54, 1.807) is 16.7 Å². The Kier molecular flexibility index (Phi) is 5.73. The van der Waals surface area contributed by atoms with Crippen molar-refractivity contribution in [1.82, 2.24) is 5.32 Å². The highest BCUT2D eigenvalue weighted by Crippen LogP contribution is 2.47. The van der Waals surface area contributed by atoms with Gasteiger partial charge in [-0.05, 0) is 47.4 Å². The van der Waals surface area contributed by atoms with Crippen molar-refractivity contribution in [3.63, 3.8) is 0 Å². The van der Waals surface area contributed by atoms with Crippen LogP contribution in [0.15, 0.2) is 82.6 Å². The number of hydrogen-bond donors (Lipinski definition) is 1. The Morgan fingerprint density at radius 1 is 0.900 bits per heavy atom. The molecule has 0 spiro atoms. The van der Waals surface area contributed by atoms with Crippen molar-refractivity contribution < 1.29 is 9.53 Å². The third-order valence-corrected chi connectivity index (χ3v) is 6.13. The Morgan fingerprint density at radius 3 is 2.03 bits per heavy atom. The van der Waals surface area contributed by atoms with E-state index in [4.69, 9.17) is 4.74 Å². The number of carbonyl (C=O) groups is 1. The Balaban J connectivity index is 1.39. The van der Waals surface area contributed by atoms with E-state index in [0.29, 0.717) is 13.2 Å². The minimum absolute atomic E-state index is 0.117. The molecule has 0 saturated heterocycles. The Bertz CT molecular complexity index is 996. The third kappa shape index (κ3) is 4.31. The van der Waals surface area contributed by atoms with Crippen molar-refractivity contribution in [1.29, 1.82) is 0 Å². The largest absolute Gasteiger partial charge is 0.492 e. The van der Waals surface area contributed by atoms with Crippen LogP contribution in [0.1, 0.15) is 26.3 Å². The topological polar surface area (TPSA) is 41.6 Å². The fourth-order valence-electron chi connectivity index (χ4n) is 3.38. The molecular weight excluding hydrogens is 392 g/mol. The van der Waals surface area contributed by atoms with Crippen LogP contribution in [0.25, 0.3) is 0 Å². The summed E-state index contributed by atoms with van der Waals surface area (Å²) >= 11 is 1.69. The van der Waals surface area contributed by atoms with Gasteiger partial charge in [0.25, 0.3) is 0 Å². The number of rotatable bonds is 4. The molecule has 0 aliphatic carbocycles. The number of ether oxygens (including phenoxy) is 1. The minimum Gasteiger partial charge on any atom is -0.492 e. The number of urea groups is 1. The van der Waals surface area contributed by atoms with Gasteiger partial charge in [-0.2, -0.15) is 0 Å². The summed E-state index contributed by atoms with van der Waals surface area (Å²) in [4.78, 5) is 16.9. The van der Waals surface area contributed by atoms with Crippen molar-refractivity contribution in [2.45, 2.75) is 36.0 Å². The Hall–Kier alpha value is -2.92. The average molecular weight is 419 g/mol. The molecule has 1 aliphatic rings. The van der Waals surface area contributed by atoms with E-state index in [0.717, 1.165) is 26.9 Å². The molecule has 0 fully saturated rings. The lowest BCUT2D eigenvalue weighted by Crippen LogP contribution is -2.40. The van der Waals surface area contributed by atoms with E-state index in [9.17, 15) is 4.79 Å². The predicted molar refractivity (Wildman–Crippen MR) is 123 cm³/mol. The summed E-state index contributed by atoms with van der Waals surface area (Å²) in [5, 5.41) is 2.99. The zero-order valence-electron chi connectivity index (χ0n) is 17.5.